The van der Waals surface area contributed by atoms with Crippen LogP contribution in [0.3, 0.4) is 0 Å². The molecule has 0 unspecified atom stereocenters. The van der Waals surface area contributed by atoms with E-state index in [0.717, 1.165) is 16.8 Å². The van der Waals surface area contributed by atoms with Gasteiger partial charge in [-0.25, -0.2) is 0 Å². The van der Waals surface area contributed by atoms with E-state index in [1.54, 1.807) is 6.20 Å². The van der Waals surface area contributed by atoms with E-state index >= 15 is 0 Å². The SMILES string of the molecule is Cc1ccnc2c1CC(=O)OC2. The number of hydrogen-bond acceptors (Lipinski definition) is 3. The van der Waals surface area contributed by atoms with Crippen molar-refractivity contribution in [3.8, 4) is 0 Å². The van der Waals surface area contributed by atoms with Crippen molar-refractivity contribution < 1.29 is 9.53 Å². The fourth-order valence-corrected chi connectivity index (χ4v) is 1.36. The van der Waals surface area contributed by atoms with Crippen molar-refractivity contribution >= 4 is 5.97 Å². The molecule has 0 N–H and O–H groups in total. The van der Waals surface area contributed by atoms with E-state index in [9.17, 15) is 4.79 Å². The number of fused-ring (bicyclic) bond motifs is 1. The molecule has 0 saturated carbocycles. The summed E-state index contributed by atoms with van der Waals surface area (Å²) in [6, 6.07) is 1.91. The quantitative estimate of drug-likeness (QED) is 0.535. The zero-order valence-electron chi connectivity index (χ0n) is 6.83. The second kappa shape index (κ2) is 2.59. The predicted octanol–water partition coefficient (Wildman–Crippen LogP) is 0.989. The molecular formula is C9H9NO2. The number of hydrogen-bond donors (Lipinski definition) is 0. The first-order chi connectivity index (χ1) is 5.77. The molecule has 0 aromatic carbocycles. The maximum atomic E-state index is 10.9. The van der Waals surface area contributed by atoms with E-state index in [2.05, 4.69) is 4.98 Å². The molecule has 0 fully saturated rings. The topological polar surface area (TPSA) is 39.2 Å². The molecule has 0 atom stereocenters. The summed E-state index contributed by atoms with van der Waals surface area (Å²) in [4.78, 5) is 15.1. The standard InChI is InChI=1S/C9H9NO2/c1-6-2-3-10-8-5-12-9(11)4-7(6)8/h2-3H,4-5H2,1H3. The van der Waals surface area contributed by atoms with Gasteiger partial charge in [-0.2, -0.15) is 0 Å². The van der Waals surface area contributed by atoms with E-state index in [1.165, 1.54) is 0 Å². The minimum Gasteiger partial charge on any atom is -0.459 e. The minimum absolute atomic E-state index is 0.154. The number of ether oxygens (including phenoxy) is 1. The fraction of sp³-hybridized carbons (Fsp3) is 0.333. The summed E-state index contributed by atoms with van der Waals surface area (Å²) in [6.07, 6.45) is 2.11. The summed E-state index contributed by atoms with van der Waals surface area (Å²) < 4.78 is 4.86. The number of esters is 1. The molecule has 2 rings (SSSR count). The average molecular weight is 163 g/mol. The Hall–Kier alpha value is -1.38. The first kappa shape index (κ1) is 7.28. The van der Waals surface area contributed by atoms with Gasteiger partial charge in [0.2, 0.25) is 0 Å². The summed E-state index contributed by atoms with van der Waals surface area (Å²) in [7, 11) is 0. The molecule has 1 aromatic rings. The highest BCUT2D eigenvalue weighted by atomic mass is 16.5. The monoisotopic (exact) mass is 163 g/mol. The smallest absolute Gasteiger partial charge is 0.310 e. The number of aromatic nitrogens is 1. The number of carbonyl (C=O) groups excluding carboxylic acids is 1. The summed E-state index contributed by atoms with van der Waals surface area (Å²) >= 11 is 0. The molecule has 0 spiro atoms. The lowest BCUT2D eigenvalue weighted by Gasteiger charge is -2.16. The Kier molecular flexibility index (Phi) is 1.57. The summed E-state index contributed by atoms with van der Waals surface area (Å²) in [5, 5.41) is 0. The van der Waals surface area contributed by atoms with Crippen molar-refractivity contribution in [1.29, 1.82) is 0 Å². The van der Waals surface area contributed by atoms with Gasteiger partial charge in [0, 0.05) is 6.20 Å². The van der Waals surface area contributed by atoms with Gasteiger partial charge in [-0.1, -0.05) is 0 Å². The molecule has 0 aliphatic carbocycles. The first-order valence-corrected chi connectivity index (χ1v) is 3.86. The van der Waals surface area contributed by atoms with Crippen LogP contribution in [0.1, 0.15) is 16.8 Å². The highest BCUT2D eigenvalue weighted by molar-refractivity contribution is 5.74. The maximum Gasteiger partial charge on any atom is 0.310 e. The Bertz CT molecular complexity index is 333. The molecule has 0 bridgehead atoms. The summed E-state index contributed by atoms with van der Waals surface area (Å²) in [6.45, 7) is 2.31. The third-order valence-electron chi connectivity index (χ3n) is 2.07. The Labute approximate surface area is 70.4 Å². The van der Waals surface area contributed by atoms with Gasteiger partial charge < -0.3 is 4.74 Å². The number of cyclic esters (lactones) is 1. The molecule has 3 nitrogen and oxygen atoms in total. The minimum atomic E-state index is -0.154. The van der Waals surface area contributed by atoms with Gasteiger partial charge >= 0.3 is 5.97 Å². The lowest BCUT2D eigenvalue weighted by molar-refractivity contribution is -0.145. The molecule has 1 aliphatic rings. The second-order valence-electron chi connectivity index (χ2n) is 2.89. The molecule has 12 heavy (non-hydrogen) atoms. The number of pyridine rings is 1. The van der Waals surface area contributed by atoms with Gasteiger partial charge in [-0.3, -0.25) is 9.78 Å². The van der Waals surface area contributed by atoms with Crippen LogP contribution < -0.4 is 0 Å². The Morgan fingerprint density at radius 3 is 3.25 bits per heavy atom. The van der Waals surface area contributed by atoms with E-state index < -0.39 is 0 Å². The highest BCUT2D eigenvalue weighted by Gasteiger charge is 2.18. The molecule has 62 valence electrons. The third-order valence-corrected chi connectivity index (χ3v) is 2.07. The average Bonchev–Trinajstić information content (AvgIpc) is 2.07. The third kappa shape index (κ3) is 1.07. The fourth-order valence-electron chi connectivity index (χ4n) is 1.36. The van der Waals surface area contributed by atoms with Crippen LogP contribution in [0.5, 0.6) is 0 Å². The Morgan fingerprint density at radius 1 is 1.58 bits per heavy atom. The van der Waals surface area contributed by atoms with E-state index in [1.807, 2.05) is 13.0 Å². The van der Waals surface area contributed by atoms with Crippen LogP contribution in [0.4, 0.5) is 0 Å². The molecule has 0 saturated heterocycles. The van der Waals surface area contributed by atoms with Crippen LogP contribution >= 0.6 is 0 Å². The van der Waals surface area contributed by atoms with E-state index in [4.69, 9.17) is 4.74 Å². The van der Waals surface area contributed by atoms with Gasteiger partial charge in [-0.15, -0.1) is 0 Å². The molecule has 2 heterocycles. The summed E-state index contributed by atoms with van der Waals surface area (Å²) in [5.74, 6) is -0.154. The van der Waals surface area contributed by atoms with E-state index in [0.29, 0.717) is 13.0 Å². The van der Waals surface area contributed by atoms with Crippen molar-refractivity contribution in [2.24, 2.45) is 0 Å². The van der Waals surface area contributed by atoms with Crippen molar-refractivity contribution in [2.45, 2.75) is 20.0 Å². The molecular weight excluding hydrogens is 154 g/mol. The van der Waals surface area contributed by atoms with E-state index in [-0.39, 0.29) is 5.97 Å². The van der Waals surface area contributed by atoms with Crippen LogP contribution in [0.15, 0.2) is 12.3 Å². The zero-order valence-corrected chi connectivity index (χ0v) is 6.83. The van der Waals surface area contributed by atoms with Gasteiger partial charge in [0.05, 0.1) is 12.1 Å². The van der Waals surface area contributed by atoms with Crippen LogP contribution in [-0.2, 0) is 22.6 Å². The lowest BCUT2D eigenvalue weighted by Crippen LogP contribution is -2.18. The maximum absolute atomic E-state index is 10.9. The van der Waals surface area contributed by atoms with Crippen molar-refractivity contribution in [2.75, 3.05) is 0 Å². The van der Waals surface area contributed by atoms with Crippen molar-refractivity contribution in [3.63, 3.8) is 0 Å². The number of aryl methyl sites for hydroxylation is 1. The number of rotatable bonds is 0. The predicted molar refractivity (Wildman–Crippen MR) is 42.5 cm³/mol. The second-order valence-corrected chi connectivity index (χ2v) is 2.89. The molecule has 3 heteroatoms. The normalized spacial score (nSPS) is 15.2. The largest absolute Gasteiger partial charge is 0.459 e. The van der Waals surface area contributed by atoms with Crippen molar-refractivity contribution in [3.05, 3.63) is 29.1 Å². The van der Waals surface area contributed by atoms with Gasteiger partial charge in [0.25, 0.3) is 0 Å². The van der Waals surface area contributed by atoms with Crippen LogP contribution in [0.25, 0.3) is 0 Å². The number of nitrogens with zero attached hydrogens (tertiary/aromatic N) is 1. The number of carbonyl (C=O) groups is 1. The van der Waals surface area contributed by atoms with Gasteiger partial charge in [0.1, 0.15) is 6.61 Å². The van der Waals surface area contributed by atoms with Crippen molar-refractivity contribution in [1.82, 2.24) is 4.98 Å². The van der Waals surface area contributed by atoms with Gasteiger partial charge in [0.15, 0.2) is 0 Å². The molecule has 0 amide bonds. The lowest BCUT2D eigenvalue weighted by atomic mass is 10.0. The first-order valence-electron chi connectivity index (χ1n) is 3.86. The highest BCUT2D eigenvalue weighted by Crippen LogP contribution is 2.18. The Morgan fingerprint density at radius 2 is 2.42 bits per heavy atom. The summed E-state index contributed by atoms with van der Waals surface area (Å²) in [5.41, 5.74) is 3.06. The van der Waals surface area contributed by atoms with Crippen LogP contribution in [-0.4, -0.2) is 11.0 Å². The molecule has 0 radical (unpaired) electrons. The molecule has 1 aromatic heterocycles. The van der Waals surface area contributed by atoms with Crippen LogP contribution in [0, 0.1) is 6.92 Å². The molecule has 1 aliphatic heterocycles. The van der Waals surface area contributed by atoms with Crippen LogP contribution in [0.2, 0.25) is 0 Å². The van der Waals surface area contributed by atoms with Gasteiger partial charge in [-0.05, 0) is 24.1 Å². The Balaban J connectivity index is 2.50. The zero-order chi connectivity index (χ0) is 8.55.